The smallest absolute Gasteiger partial charge is 0.212 e. The fraction of sp³-hybridized carbons (Fsp3) is 0.467. The van der Waals surface area contributed by atoms with E-state index in [4.69, 9.17) is 0 Å². The number of hydrogen-bond donors (Lipinski definition) is 2. The molecule has 0 fully saturated rings. The van der Waals surface area contributed by atoms with Gasteiger partial charge in [0.15, 0.2) is 0 Å². The van der Waals surface area contributed by atoms with Crippen molar-refractivity contribution in [1.29, 1.82) is 0 Å². The van der Waals surface area contributed by atoms with Crippen LogP contribution in [-0.4, -0.2) is 31.4 Å². The molecule has 0 spiro atoms. The number of aryl methyl sites for hydroxylation is 1. The first-order chi connectivity index (χ1) is 9.49. The van der Waals surface area contributed by atoms with Crippen molar-refractivity contribution in [3.63, 3.8) is 0 Å². The van der Waals surface area contributed by atoms with Gasteiger partial charge in [0.2, 0.25) is 10.0 Å². The first-order valence-corrected chi connectivity index (χ1v) is 8.56. The number of hydrogen-bond acceptors (Lipinski definition) is 3. The van der Waals surface area contributed by atoms with E-state index in [-0.39, 0.29) is 12.3 Å². The Morgan fingerprint density at radius 1 is 1.25 bits per heavy atom. The van der Waals surface area contributed by atoms with Crippen LogP contribution < -0.4 is 4.72 Å². The highest BCUT2D eigenvalue weighted by Crippen LogP contribution is 2.21. The molecule has 2 rings (SSSR count). The van der Waals surface area contributed by atoms with E-state index in [0.717, 1.165) is 18.4 Å². The zero-order valence-electron chi connectivity index (χ0n) is 11.5. The molecular formula is C15H21NO3S. The average molecular weight is 295 g/mol. The van der Waals surface area contributed by atoms with E-state index in [1.807, 2.05) is 36.4 Å². The van der Waals surface area contributed by atoms with Gasteiger partial charge in [-0.3, -0.25) is 0 Å². The van der Waals surface area contributed by atoms with Crippen LogP contribution in [0.25, 0.3) is 0 Å². The lowest BCUT2D eigenvalue weighted by Crippen LogP contribution is -2.43. The first-order valence-electron chi connectivity index (χ1n) is 6.90. The lowest BCUT2D eigenvalue weighted by Gasteiger charge is -2.27. The molecule has 0 amide bonds. The van der Waals surface area contributed by atoms with Gasteiger partial charge in [-0.05, 0) is 31.2 Å². The Morgan fingerprint density at radius 2 is 2.00 bits per heavy atom. The van der Waals surface area contributed by atoms with Gasteiger partial charge in [-0.1, -0.05) is 42.5 Å². The fourth-order valence-electron chi connectivity index (χ4n) is 2.26. The molecule has 0 saturated carbocycles. The molecule has 1 atom stereocenters. The maximum Gasteiger partial charge on any atom is 0.212 e. The number of sulfonamides is 1. The Kier molecular flexibility index (Phi) is 4.96. The Hall–Kier alpha value is -1.17. The highest BCUT2D eigenvalue weighted by molar-refractivity contribution is 7.89. The standard InChI is InChI=1S/C15H21NO3S/c17-15(10-5-2-6-11-15)13-16-20(18,19)12-9-14-7-3-1-4-8-14/h1,3-5,7-8,10,16-17H,2,6,9,11-13H2. The minimum Gasteiger partial charge on any atom is -0.384 e. The van der Waals surface area contributed by atoms with Gasteiger partial charge in [0.25, 0.3) is 0 Å². The summed E-state index contributed by atoms with van der Waals surface area (Å²) in [5.74, 6) is 0.0385. The molecule has 0 radical (unpaired) electrons. The quantitative estimate of drug-likeness (QED) is 0.784. The summed E-state index contributed by atoms with van der Waals surface area (Å²) in [6.07, 6.45) is 6.52. The molecule has 1 aromatic rings. The van der Waals surface area contributed by atoms with Crippen molar-refractivity contribution >= 4 is 10.0 Å². The van der Waals surface area contributed by atoms with Gasteiger partial charge in [-0.2, -0.15) is 0 Å². The summed E-state index contributed by atoms with van der Waals surface area (Å²) in [5, 5.41) is 10.2. The highest BCUT2D eigenvalue weighted by atomic mass is 32.2. The minimum absolute atomic E-state index is 0.0385. The van der Waals surface area contributed by atoms with Crippen molar-refractivity contribution in [2.45, 2.75) is 31.3 Å². The summed E-state index contributed by atoms with van der Waals surface area (Å²) in [6.45, 7) is 0.0562. The van der Waals surface area contributed by atoms with E-state index in [1.165, 1.54) is 0 Å². The molecule has 4 nitrogen and oxygen atoms in total. The van der Waals surface area contributed by atoms with Gasteiger partial charge in [0.1, 0.15) is 0 Å². The maximum atomic E-state index is 11.9. The maximum absolute atomic E-state index is 11.9. The molecule has 0 heterocycles. The van der Waals surface area contributed by atoms with E-state index in [2.05, 4.69) is 4.72 Å². The van der Waals surface area contributed by atoms with Crippen LogP contribution in [0.15, 0.2) is 42.5 Å². The van der Waals surface area contributed by atoms with Crippen molar-refractivity contribution < 1.29 is 13.5 Å². The molecule has 0 bridgehead atoms. The molecule has 1 aliphatic rings. The number of allylic oxidation sites excluding steroid dienone is 1. The highest BCUT2D eigenvalue weighted by Gasteiger charge is 2.27. The van der Waals surface area contributed by atoms with Gasteiger partial charge in [0, 0.05) is 6.54 Å². The Bertz CT molecular complexity index is 554. The number of rotatable bonds is 6. The third-order valence-corrected chi connectivity index (χ3v) is 4.83. The summed E-state index contributed by atoms with van der Waals surface area (Å²) < 4.78 is 26.4. The largest absolute Gasteiger partial charge is 0.384 e. The van der Waals surface area contributed by atoms with Crippen LogP contribution in [0.5, 0.6) is 0 Å². The molecule has 20 heavy (non-hydrogen) atoms. The van der Waals surface area contributed by atoms with Crippen molar-refractivity contribution in [3.05, 3.63) is 48.0 Å². The van der Waals surface area contributed by atoms with Crippen molar-refractivity contribution in [2.75, 3.05) is 12.3 Å². The molecule has 5 heteroatoms. The van der Waals surface area contributed by atoms with Crippen LogP contribution in [0.1, 0.15) is 24.8 Å². The first kappa shape index (κ1) is 15.2. The van der Waals surface area contributed by atoms with Crippen molar-refractivity contribution in [1.82, 2.24) is 4.72 Å². The molecule has 0 aromatic heterocycles. The average Bonchev–Trinajstić information content (AvgIpc) is 2.46. The summed E-state index contributed by atoms with van der Waals surface area (Å²) in [6, 6.07) is 9.51. The van der Waals surface area contributed by atoms with Gasteiger partial charge >= 0.3 is 0 Å². The number of nitrogens with one attached hydrogen (secondary N) is 1. The second-order valence-corrected chi connectivity index (χ2v) is 7.20. The van der Waals surface area contributed by atoms with Gasteiger partial charge in [-0.25, -0.2) is 13.1 Å². The lowest BCUT2D eigenvalue weighted by molar-refractivity contribution is 0.0797. The molecule has 110 valence electrons. The fourth-order valence-corrected chi connectivity index (χ4v) is 3.38. The summed E-state index contributed by atoms with van der Waals surface area (Å²) >= 11 is 0. The Morgan fingerprint density at radius 3 is 2.65 bits per heavy atom. The zero-order chi connectivity index (χ0) is 14.5. The molecule has 1 unspecified atom stereocenters. The Balaban J connectivity index is 1.85. The molecular weight excluding hydrogens is 274 g/mol. The van der Waals surface area contributed by atoms with E-state index < -0.39 is 15.6 Å². The van der Waals surface area contributed by atoms with Crippen LogP contribution in [0.4, 0.5) is 0 Å². The normalized spacial score (nSPS) is 22.9. The molecule has 0 aliphatic heterocycles. The van der Waals surface area contributed by atoms with Crippen LogP contribution in [-0.2, 0) is 16.4 Å². The number of benzene rings is 1. The zero-order valence-corrected chi connectivity index (χ0v) is 12.3. The topological polar surface area (TPSA) is 66.4 Å². The second-order valence-electron chi connectivity index (χ2n) is 5.27. The lowest BCUT2D eigenvalue weighted by atomic mass is 9.91. The molecule has 1 aromatic carbocycles. The van der Waals surface area contributed by atoms with Gasteiger partial charge in [0.05, 0.1) is 11.4 Å². The van der Waals surface area contributed by atoms with Gasteiger partial charge in [-0.15, -0.1) is 0 Å². The molecule has 1 aliphatic carbocycles. The predicted molar refractivity (Wildman–Crippen MR) is 79.9 cm³/mol. The van der Waals surface area contributed by atoms with Crippen LogP contribution in [0.3, 0.4) is 0 Å². The monoisotopic (exact) mass is 295 g/mol. The summed E-state index contributed by atoms with van der Waals surface area (Å²) in [4.78, 5) is 0. The van der Waals surface area contributed by atoms with Crippen LogP contribution >= 0.6 is 0 Å². The van der Waals surface area contributed by atoms with E-state index in [9.17, 15) is 13.5 Å². The van der Waals surface area contributed by atoms with E-state index in [1.54, 1.807) is 6.08 Å². The van der Waals surface area contributed by atoms with Crippen LogP contribution in [0, 0.1) is 0 Å². The Labute approximate surface area is 120 Å². The van der Waals surface area contributed by atoms with E-state index >= 15 is 0 Å². The molecule has 0 saturated heterocycles. The third-order valence-electron chi connectivity index (χ3n) is 3.51. The van der Waals surface area contributed by atoms with E-state index in [0.29, 0.717) is 12.8 Å². The minimum atomic E-state index is -3.36. The molecule has 2 N–H and O–H groups in total. The second kappa shape index (κ2) is 6.52. The van der Waals surface area contributed by atoms with Crippen LogP contribution in [0.2, 0.25) is 0 Å². The third kappa shape index (κ3) is 4.74. The van der Waals surface area contributed by atoms with Crippen molar-refractivity contribution in [2.24, 2.45) is 0 Å². The van der Waals surface area contributed by atoms with Gasteiger partial charge < -0.3 is 5.11 Å². The summed E-state index contributed by atoms with van der Waals surface area (Å²) in [7, 11) is -3.36. The predicted octanol–water partition coefficient (Wildman–Crippen LogP) is 1.62. The number of aliphatic hydroxyl groups is 1. The van der Waals surface area contributed by atoms with Crippen molar-refractivity contribution in [3.8, 4) is 0 Å². The summed E-state index contributed by atoms with van der Waals surface area (Å²) in [5.41, 5.74) is -0.0351. The SMILES string of the molecule is O=S(=O)(CCc1ccccc1)NCC1(O)C=CCCC1.